The van der Waals surface area contributed by atoms with Crippen molar-refractivity contribution in [1.29, 1.82) is 0 Å². The van der Waals surface area contributed by atoms with E-state index in [4.69, 9.17) is 23.2 Å². The van der Waals surface area contributed by atoms with E-state index in [-0.39, 0.29) is 0 Å². The van der Waals surface area contributed by atoms with Crippen molar-refractivity contribution in [3.8, 4) is 0 Å². The van der Waals surface area contributed by atoms with Crippen molar-refractivity contribution in [1.82, 2.24) is 0 Å². The third-order valence-electron chi connectivity index (χ3n) is 3.21. The molecule has 0 spiro atoms. The maximum absolute atomic E-state index is 10.6. The Labute approximate surface area is 115 Å². The first-order valence-corrected chi connectivity index (χ1v) is 6.19. The molecule has 5 heteroatoms. The summed E-state index contributed by atoms with van der Waals surface area (Å²) in [5.74, 6) is 0. The molecule has 1 aromatic carbocycles. The summed E-state index contributed by atoms with van der Waals surface area (Å²) in [4.78, 5) is 10.6. The second kappa shape index (κ2) is 4.75. The van der Waals surface area contributed by atoms with Gasteiger partial charge in [-0.05, 0) is 36.2 Å². The van der Waals surface area contributed by atoms with Crippen LogP contribution in [0.5, 0.6) is 0 Å². The van der Waals surface area contributed by atoms with E-state index in [1.165, 1.54) is 0 Å². The summed E-state index contributed by atoms with van der Waals surface area (Å²) in [7, 11) is 0. The van der Waals surface area contributed by atoms with Gasteiger partial charge in [0.25, 0.3) is 0 Å². The molecule has 0 saturated heterocycles. The summed E-state index contributed by atoms with van der Waals surface area (Å²) >= 11 is 11.9. The summed E-state index contributed by atoms with van der Waals surface area (Å²) in [6.07, 6.45) is 1.66. The third-order valence-corrected chi connectivity index (χ3v) is 3.75. The van der Waals surface area contributed by atoms with E-state index < -0.39 is 5.41 Å². The fourth-order valence-electron chi connectivity index (χ4n) is 1.85. The van der Waals surface area contributed by atoms with Gasteiger partial charge in [0.05, 0.1) is 21.8 Å². The Hall–Kier alpha value is -1.32. The second-order valence-corrected chi connectivity index (χ2v) is 5.19. The van der Waals surface area contributed by atoms with Crippen LogP contribution in [0.25, 0.3) is 0 Å². The first kappa shape index (κ1) is 13.1. The Morgan fingerprint density at radius 3 is 2.50 bits per heavy atom. The largest absolute Gasteiger partial charge is 0.357 e. The van der Waals surface area contributed by atoms with Gasteiger partial charge in [-0.1, -0.05) is 36.4 Å². The molecule has 0 unspecified atom stereocenters. The van der Waals surface area contributed by atoms with Gasteiger partial charge in [0, 0.05) is 10.7 Å². The van der Waals surface area contributed by atoms with E-state index >= 15 is 0 Å². The van der Waals surface area contributed by atoms with Crippen LogP contribution in [0.2, 0.25) is 10.0 Å². The molecular weight excluding hydrogens is 271 g/mol. The van der Waals surface area contributed by atoms with Crippen molar-refractivity contribution in [2.45, 2.75) is 12.8 Å². The van der Waals surface area contributed by atoms with Gasteiger partial charge in [-0.3, -0.25) is 0 Å². The molecule has 18 heavy (non-hydrogen) atoms. The van der Waals surface area contributed by atoms with Gasteiger partial charge in [0.2, 0.25) is 0 Å². The van der Waals surface area contributed by atoms with Crippen LogP contribution in [-0.4, -0.2) is 0 Å². The molecule has 0 heterocycles. The summed E-state index contributed by atoms with van der Waals surface area (Å²) in [5, 5.41) is 7.10. The zero-order valence-corrected chi connectivity index (χ0v) is 11.2. The lowest BCUT2D eigenvalue weighted by atomic mass is 10.00. The molecule has 1 fully saturated rings. The fraction of sp³-hybridized carbons (Fsp3) is 0.231. The molecule has 1 saturated carbocycles. The maximum Gasteiger partial charge on any atom is 0.0897 e. The number of nitrogens with one attached hydrogen (secondary N) is 1. The lowest BCUT2D eigenvalue weighted by molar-refractivity contribution is 0.724. The molecule has 1 aromatic rings. The standard InChI is InChI=1S/C13H12Cl2N2O/c1-8(13(5-6-13)9(2)17-18)16-12-4-3-10(14)7-11(12)15/h3-4,7,16H,1-2,5-6H2. The molecular formula is C13H12Cl2N2O. The second-order valence-electron chi connectivity index (χ2n) is 4.35. The summed E-state index contributed by atoms with van der Waals surface area (Å²) in [6, 6.07) is 5.14. The van der Waals surface area contributed by atoms with Crippen molar-refractivity contribution >= 4 is 28.9 Å². The highest BCUT2D eigenvalue weighted by atomic mass is 35.5. The minimum absolute atomic E-state index is 0.310. The number of rotatable bonds is 5. The van der Waals surface area contributed by atoms with Crippen LogP contribution in [0.1, 0.15) is 12.8 Å². The van der Waals surface area contributed by atoms with Crippen LogP contribution in [0.3, 0.4) is 0 Å². The molecule has 0 aliphatic heterocycles. The Balaban J connectivity index is 2.17. The zero-order chi connectivity index (χ0) is 13.3. The van der Waals surface area contributed by atoms with Gasteiger partial charge in [-0.25, -0.2) is 0 Å². The molecule has 0 amide bonds. The van der Waals surface area contributed by atoms with Crippen LogP contribution in [0.4, 0.5) is 5.69 Å². The van der Waals surface area contributed by atoms with Gasteiger partial charge < -0.3 is 5.32 Å². The Morgan fingerprint density at radius 2 is 2.00 bits per heavy atom. The van der Waals surface area contributed by atoms with Crippen molar-refractivity contribution < 1.29 is 0 Å². The summed E-state index contributed by atoms with van der Waals surface area (Å²) < 4.78 is 0. The fourth-order valence-corrected chi connectivity index (χ4v) is 2.31. The zero-order valence-electron chi connectivity index (χ0n) is 9.67. The van der Waals surface area contributed by atoms with Gasteiger partial charge in [-0.2, -0.15) is 0 Å². The lowest BCUT2D eigenvalue weighted by Gasteiger charge is -2.19. The minimum atomic E-state index is -0.412. The summed E-state index contributed by atoms with van der Waals surface area (Å²) in [6.45, 7) is 7.63. The third kappa shape index (κ3) is 2.28. The molecule has 0 radical (unpaired) electrons. The lowest BCUT2D eigenvalue weighted by Crippen LogP contribution is -2.13. The topological polar surface area (TPSA) is 41.5 Å². The highest BCUT2D eigenvalue weighted by Crippen LogP contribution is 2.56. The molecule has 2 rings (SSSR count). The van der Waals surface area contributed by atoms with Gasteiger partial charge >= 0.3 is 0 Å². The molecule has 1 aliphatic carbocycles. The highest BCUT2D eigenvalue weighted by molar-refractivity contribution is 6.36. The van der Waals surface area contributed by atoms with E-state index in [0.717, 1.165) is 12.8 Å². The number of nitrogens with zero attached hydrogens (tertiary/aromatic N) is 1. The quantitative estimate of drug-likeness (QED) is 0.774. The monoisotopic (exact) mass is 282 g/mol. The highest BCUT2D eigenvalue weighted by Gasteiger charge is 2.49. The van der Waals surface area contributed by atoms with E-state index in [1.807, 2.05) is 0 Å². The SMILES string of the molecule is C=C(N=O)C1(C(=C)Nc2ccc(Cl)cc2Cl)CC1. The molecule has 0 bridgehead atoms. The average Bonchev–Trinajstić information content (AvgIpc) is 3.13. The number of anilines is 1. The average molecular weight is 283 g/mol. The number of benzene rings is 1. The predicted octanol–water partition coefficient (Wildman–Crippen LogP) is 4.98. The van der Waals surface area contributed by atoms with Crippen LogP contribution < -0.4 is 5.32 Å². The Bertz CT molecular complexity index is 536. The first-order valence-electron chi connectivity index (χ1n) is 5.44. The number of hydrogen-bond acceptors (Lipinski definition) is 3. The van der Waals surface area contributed by atoms with Crippen molar-refractivity contribution in [2.75, 3.05) is 5.32 Å². The van der Waals surface area contributed by atoms with Crippen LogP contribution in [-0.2, 0) is 0 Å². The molecule has 0 atom stereocenters. The number of halogens is 2. The van der Waals surface area contributed by atoms with E-state index in [9.17, 15) is 4.91 Å². The van der Waals surface area contributed by atoms with Crippen LogP contribution in [0, 0.1) is 10.3 Å². The number of nitroso groups, excluding NO2 is 1. The van der Waals surface area contributed by atoms with Gasteiger partial charge in [-0.15, -0.1) is 4.91 Å². The Kier molecular flexibility index (Phi) is 3.46. The van der Waals surface area contributed by atoms with E-state index in [0.29, 0.717) is 27.1 Å². The minimum Gasteiger partial charge on any atom is -0.357 e. The van der Waals surface area contributed by atoms with Crippen molar-refractivity contribution in [2.24, 2.45) is 10.6 Å². The smallest absolute Gasteiger partial charge is 0.0897 e. The molecule has 94 valence electrons. The molecule has 1 aliphatic rings. The Morgan fingerprint density at radius 1 is 1.33 bits per heavy atom. The van der Waals surface area contributed by atoms with E-state index in [1.54, 1.807) is 18.2 Å². The summed E-state index contributed by atoms with van der Waals surface area (Å²) in [5.41, 5.74) is 1.29. The van der Waals surface area contributed by atoms with Crippen molar-refractivity contribution in [3.63, 3.8) is 0 Å². The van der Waals surface area contributed by atoms with Crippen LogP contribution >= 0.6 is 23.2 Å². The van der Waals surface area contributed by atoms with E-state index in [2.05, 4.69) is 23.7 Å². The van der Waals surface area contributed by atoms with Gasteiger partial charge in [0.1, 0.15) is 0 Å². The first-order chi connectivity index (χ1) is 8.49. The molecule has 0 aromatic heterocycles. The molecule has 1 N–H and O–H groups in total. The normalized spacial score (nSPS) is 15.9. The van der Waals surface area contributed by atoms with Gasteiger partial charge in [0.15, 0.2) is 0 Å². The van der Waals surface area contributed by atoms with Crippen LogP contribution in [0.15, 0.2) is 47.9 Å². The van der Waals surface area contributed by atoms with Crippen molar-refractivity contribution in [3.05, 3.63) is 57.7 Å². The predicted molar refractivity (Wildman–Crippen MR) is 75.8 cm³/mol. The maximum atomic E-state index is 10.6. The molecule has 3 nitrogen and oxygen atoms in total. The number of hydrogen-bond donors (Lipinski definition) is 1.